The zero-order valence-electron chi connectivity index (χ0n) is 7.99. The minimum Gasteiger partial charge on any atom is -0.326 e. The molecule has 0 bridgehead atoms. The highest BCUT2D eigenvalue weighted by molar-refractivity contribution is 5.79. The van der Waals surface area contributed by atoms with Crippen molar-refractivity contribution in [1.82, 2.24) is 9.47 Å². The van der Waals surface area contributed by atoms with E-state index in [1.54, 1.807) is 0 Å². The van der Waals surface area contributed by atoms with E-state index in [9.17, 15) is 0 Å². The van der Waals surface area contributed by atoms with Crippen LogP contribution in [0.2, 0.25) is 0 Å². The molecule has 0 aliphatic carbocycles. The smallest absolute Gasteiger partial charge is 0.0752 e. The van der Waals surface area contributed by atoms with Crippen molar-refractivity contribution in [2.24, 2.45) is 0 Å². The Morgan fingerprint density at radius 3 is 2.85 bits per heavy atom. The summed E-state index contributed by atoms with van der Waals surface area (Å²) < 4.78 is 2.12. The van der Waals surface area contributed by atoms with Crippen molar-refractivity contribution in [1.29, 1.82) is 0 Å². The zero-order valence-corrected chi connectivity index (χ0v) is 7.99. The average Bonchev–Trinajstić information content (AvgIpc) is 2.48. The quantitative estimate of drug-likeness (QED) is 0.674. The highest BCUT2D eigenvalue weighted by Crippen LogP contribution is 2.14. The third-order valence-corrected chi connectivity index (χ3v) is 2.03. The molecule has 0 aliphatic rings. The van der Waals surface area contributed by atoms with Crippen LogP contribution in [0.4, 0.5) is 0 Å². The molecule has 2 aromatic rings. The first kappa shape index (κ1) is 8.32. The normalized spacial score (nSPS) is 11.3. The first-order chi connectivity index (χ1) is 6.27. The zero-order chi connectivity index (χ0) is 9.26. The minimum atomic E-state index is 0.882. The van der Waals surface area contributed by atoms with E-state index in [1.165, 1.54) is 10.9 Å². The molecule has 1 heterocycles. The fraction of sp³-hybridized carbons (Fsp3) is 0.273. The average molecular weight is 173 g/mol. The van der Waals surface area contributed by atoms with Crippen LogP contribution >= 0.6 is 0 Å². The summed E-state index contributed by atoms with van der Waals surface area (Å²) in [6, 6.07) is 10.4. The SMILES string of the molecule is CN(C)Cn1[c]cc2ccccc21. The number of benzene rings is 1. The van der Waals surface area contributed by atoms with Crippen LogP contribution < -0.4 is 0 Å². The van der Waals surface area contributed by atoms with Crippen LogP contribution in [-0.4, -0.2) is 23.6 Å². The Kier molecular flexibility index (Phi) is 2.07. The van der Waals surface area contributed by atoms with Gasteiger partial charge in [-0.1, -0.05) is 18.2 Å². The summed E-state index contributed by atoms with van der Waals surface area (Å²) in [4.78, 5) is 2.13. The number of nitrogens with zero attached hydrogens (tertiary/aromatic N) is 2. The van der Waals surface area contributed by atoms with Gasteiger partial charge >= 0.3 is 0 Å². The molecule has 0 fully saturated rings. The van der Waals surface area contributed by atoms with Crippen molar-refractivity contribution in [3.8, 4) is 0 Å². The standard InChI is InChI=1S/C11H13N2/c1-12(2)9-13-8-7-10-5-3-4-6-11(10)13/h3-7H,9H2,1-2H3. The van der Waals surface area contributed by atoms with Gasteiger partial charge in [-0.2, -0.15) is 0 Å². The Morgan fingerprint density at radius 1 is 1.31 bits per heavy atom. The van der Waals surface area contributed by atoms with Gasteiger partial charge in [-0.25, -0.2) is 0 Å². The molecule has 67 valence electrons. The fourth-order valence-electron chi connectivity index (χ4n) is 1.47. The monoisotopic (exact) mass is 173 g/mol. The first-order valence-electron chi connectivity index (χ1n) is 4.38. The van der Waals surface area contributed by atoms with Crippen molar-refractivity contribution < 1.29 is 0 Å². The molecule has 0 amide bonds. The van der Waals surface area contributed by atoms with Gasteiger partial charge in [0.1, 0.15) is 0 Å². The maximum absolute atomic E-state index is 3.22. The van der Waals surface area contributed by atoms with Crippen molar-refractivity contribution in [3.63, 3.8) is 0 Å². The van der Waals surface area contributed by atoms with E-state index >= 15 is 0 Å². The Balaban J connectivity index is 2.46. The van der Waals surface area contributed by atoms with Crippen LogP contribution in [0.3, 0.4) is 0 Å². The Bertz CT molecular complexity index is 401. The molecule has 1 aromatic heterocycles. The number of rotatable bonds is 2. The van der Waals surface area contributed by atoms with E-state index in [4.69, 9.17) is 0 Å². The molecule has 2 heteroatoms. The van der Waals surface area contributed by atoms with Gasteiger partial charge in [-0.3, -0.25) is 4.90 Å². The molecule has 0 aliphatic heterocycles. The van der Waals surface area contributed by atoms with Crippen LogP contribution in [0.1, 0.15) is 0 Å². The predicted molar refractivity (Wildman–Crippen MR) is 54.5 cm³/mol. The van der Waals surface area contributed by atoms with Gasteiger partial charge in [-0.15, -0.1) is 0 Å². The highest BCUT2D eigenvalue weighted by Gasteiger charge is 1.99. The molecule has 2 rings (SSSR count). The molecule has 0 saturated carbocycles. The number of hydrogen-bond donors (Lipinski definition) is 0. The predicted octanol–water partition coefficient (Wildman–Crippen LogP) is 1.96. The van der Waals surface area contributed by atoms with E-state index in [0.29, 0.717) is 0 Å². The maximum atomic E-state index is 3.22. The molecule has 1 aromatic carbocycles. The Hall–Kier alpha value is -1.28. The lowest BCUT2D eigenvalue weighted by atomic mass is 10.2. The lowest BCUT2D eigenvalue weighted by Gasteiger charge is -2.11. The first-order valence-corrected chi connectivity index (χ1v) is 4.38. The molecule has 13 heavy (non-hydrogen) atoms. The molecule has 0 spiro atoms. The molecule has 0 unspecified atom stereocenters. The van der Waals surface area contributed by atoms with Gasteiger partial charge in [0.05, 0.1) is 12.9 Å². The highest BCUT2D eigenvalue weighted by atomic mass is 15.2. The van der Waals surface area contributed by atoms with Crippen LogP contribution in [0.5, 0.6) is 0 Å². The molecule has 0 saturated heterocycles. The van der Waals surface area contributed by atoms with Gasteiger partial charge in [0, 0.05) is 10.9 Å². The minimum absolute atomic E-state index is 0.882. The second-order valence-electron chi connectivity index (χ2n) is 3.48. The maximum Gasteiger partial charge on any atom is 0.0752 e. The Morgan fingerprint density at radius 2 is 2.08 bits per heavy atom. The molecular weight excluding hydrogens is 160 g/mol. The molecule has 2 nitrogen and oxygen atoms in total. The fourth-order valence-corrected chi connectivity index (χ4v) is 1.47. The van der Waals surface area contributed by atoms with Crippen molar-refractivity contribution in [2.45, 2.75) is 6.67 Å². The molecule has 0 atom stereocenters. The van der Waals surface area contributed by atoms with Crippen LogP contribution in [-0.2, 0) is 6.67 Å². The van der Waals surface area contributed by atoms with Crippen molar-refractivity contribution in [3.05, 3.63) is 36.5 Å². The lowest BCUT2D eigenvalue weighted by Crippen LogP contribution is -2.15. The van der Waals surface area contributed by atoms with Crippen molar-refractivity contribution >= 4 is 10.9 Å². The summed E-state index contributed by atoms with van der Waals surface area (Å²) >= 11 is 0. The Labute approximate surface area is 78.4 Å². The summed E-state index contributed by atoms with van der Waals surface area (Å²) in [5.74, 6) is 0. The van der Waals surface area contributed by atoms with E-state index in [0.717, 1.165) is 6.67 Å². The summed E-state index contributed by atoms with van der Waals surface area (Å²) in [7, 11) is 4.12. The number of para-hydroxylation sites is 1. The second-order valence-corrected chi connectivity index (χ2v) is 3.48. The summed E-state index contributed by atoms with van der Waals surface area (Å²) in [5.41, 5.74) is 1.25. The van der Waals surface area contributed by atoms with Gasteiger partial charge in [0.15, 0.2) is 0 Å². The van der Waals surface area contributed by atoms with Crippen LogP contribution in [0.15, 0.2) is 30.3 Å². The van der Waals surface area contributed by atoms with E-state index in [-0.39, 0.29) is 0 Å². The second kappa shape index (κ2) is 3.23. The number of fused-ring (bicyclic) bond motifs is 1. The van der Waals surface area contributed by atoms with Gasteiger partial charge in [-0.05, 0) is 26.2 Å². The van der Waals surface area contributed by atoms with Gasteiger partial charge in [0.2, 0.25) is 0 Å². The van der Waals surface area contributed by atoms with Crippen LogP contribution in [0, 0.1) is 6.20 Å². The van der Waals surface area contributed by atoms with Crippen LogP contribution in [0.25, 0.3) is 10.9 Å². The van der Waals surface area contributed by atoms with Crippen molar-refractivity contribution in [2.75, 3.05) is 14.1 Å². The van der Waals surface area contributed by atoms with Gasteiger partial charge in [0.25, 0.3) is 0 Å². The van der Waals surface area contributed by atoms with Gasteiger partial charge < -0.3 is 4.57 Å². The van der Waals surface area contributed by atoms with E-state index in [1.807, 2.05) is 6.07 Å². The third kappa shape index (κ3) is 1.58. The van der Waals surface area contributed by atoms with E-state index in [2.05, 4.69) is 54.0 Å². The lowest BCUT2D eigenvalue weighted by molar-refractivity contribution is 0.332. The van der Waals surface area contributed by atoms with E-state index < -0.39 is 0 Å². The topological polar surface area (TPSA) is 8.17 Å². The summed E-state index contributed by atoms with van der Waals surface area (Å²) in [6.45, 7) is 0.882. The largest absolute Gasteiger partial charge is 0.326 e. The summed E-state index contributed by atoms with van der Waals surface area (Å²) in [5, 5.41) is 1.25. The number of hydrogen-bond acceptors (Lipinski definition) is 1. The molecular formula is C11H13N2. The summed E-state index contributed by atoms with van der Waals surface area (Å²) in [6.07, 6.45) is 3.22. The number of aromatic nitrogens is 1. The molecule has 0 N–H and O–H groups in total. The third-order valence-electron chi connectivity index (χ3n) is 2.03. The molecule has 1 radical (unpaired) electrons.